The van der Waals surface area contributed by atoms with Gasteiger partial charge < -0.3 is 10.2 Å². The van der Waals surface area contributed by atoms with Gasteiger partial charge in [-0.15, -0.1) is 0 Å². The standard InChI is InChI=1S/C18H19BrN2O/c1-13-10-11-14-6-2-5-9-17(14)21(13)12-18(22)20-16-8-4-3-7-15(16)19/h2-9,13H,10-12H2,1H3,(H,20,22)/t13-/m1/s1. The van der Waals surface area contributed by atoms with Crippen LogP contribution in [0.1, 0.15) is 18.9 Å². The molecular formula is C18H19BrN2O. The Morgan fingerprint density at radius 1 is 1.23 bits per heavy atom. The van der Waals surface area contributed by atoms with E-state index in [0.717, 1.165) is 23.0 Å². The number of halogens is 1. The Labute approximate surface area is 139 Å². The maximum atomic E-state index is 12.4. The van der Waals surface area contributed by atoms with Crippen LogP contribution in [0.3, 0.4) is 0 Å². The average molecular weight is 359 g/mol. The number of aryl methyl sites for hydroxylation is 1. The lowest BCUT2D eigenvalue weighted by Gasteiger charge is -2.36. The second kappa shape index (κ2) is 6.53. The summed E-state index contributed by atoms with van der Waals surface area (Å²) in [5.74, 6) is 0.00968. The number of nitrogens with one attached hydrogen (secondary N) is 1. The summed E-state index contributed by atoms with van der Waals surface area (Å²) in [6, 6.07) is 16.4. The molecule has 1 N–H and O–H groups in total. The predicted octanol–water partition coefficient (Wildman–Crippen LogP) is 4.23. The van der Waals surface area contributed by atoms with E-state index in [1.165, 1.54) is 11.3 Å². The van der Waals surface area contributed by atoms with Crippen molar-refractivity contribution in [1.82, 2.24) is 0 Å². The molecule has 0 fully saturated rings. The van der Waals surface area contributed by atoms with Gasteiger partial charge in [-0.1, -0.05) is 30.3 Å². The quantitative estimate of drug-likeness (QED) is 0.890. The maximum Gasteiger partial charge on any atom is 0.243 e. The van der Waals surface area contributed by atoms with E-state index < -0.39 is 0 Å². The monoisotopic (exact) mass is 358 g/mol. The van der Waals surface area contributed by atoms with Gasteiger partial charge in [0.05, 0.1) is 12.2 Å². The fourth-order valence-electron chi connectivity index (χ4n) is 2.91. The number of benzene rings is 2. The number of carbonyl (C=O) groups excluding carboxylic acids is 1. The van der Waals surface area contributed by atoms with Gasteiger partial charge in [0.2, 0.25) is 5.91 Å². The number of anilines is 2. The lowest BCUT2D eigenvalue weighted by Crippen LogP contribution is -2.42. The molecule has 0 saturated heterocycles. The third-order valence-electron chi connectivity index (χ3n) is 4.13. The molecule has 0 unspecified atom stereocenters. The third kappa shape index (κ3) is 3.17. The summed E-state index contributed by atoms with van der Waals surface area (Å²) in [6.45, 7) is 2.56. The van der Waals surface area contributed by atoms with Crippen LogP contribution >= 0.6 is 15.9 Å². The summed E-state index contributed by atoms with van der Waals surface area (Å²) >= 11 is 3.46. The molecule has 0 aliphatic carbocycles. The highest BCUT2D eigenvalue weighted by Crippen LogP contribution is 2.30. The van der Waals surface area contributed by atoms with E-state index in [1.54, 1.807) is 0 Å². The predicted molar refractivity (Wildman–Crippen MR) is 94.3 cm³/mol. The van der Waals surface area contributed by atoms with Crippen LogP contribution in [0.2, 0.25) is 0 Å². The number of carbonyl (C=O) groups is 1. The van der Waals surface area contributed by atoms with Gasteiger partial charge in [0, 0.05) is 16.2 Å². The van der Waals surface area contributed by atoms with Crippen LogP contribution in [0.4, 0.5) is 11.4 Å². The largest absolute Gasteiger partial charge is 0.359 e. The van der Waals surface area contributed by atoms with E-state index in [9.17, 15) is 4.79 Å². The fraction of sp³-hybridized carbons (Fsp3) is 0.278. The third-order valence-corrected chi connectivity index (χ3v) is 4.82. The molecule has 3 rings (SSSR count). The average Bonchev–Trinajstić information content (AvgIpc) is 2.52. The van der Waals surface area contributed by atoms with Crippen molar-refractivity contribution < 1.29 is 4.79 Å². The zero-order valence-electron chi connectivity index (χ0n) is 12.6. The first-order valence-electron chi connectivity index (χ1n) is 7.54. The molecule has 1 aliphatic heterocycles. The lowest BCUT2D eigenvalue weighted by atomic mass is 9.96. The summed E-state index contributed by atoms with van der Waals surface area (Å²) in [5, 5.41) is 2.98. The number of amides is 1. The van der Waals surface area contributed by atoms with Crippen LogP contribution in [-0.4, -0.2) is 18.5 Å². The Kier molecular flexibility index (Phi) is 4.48. The van der Waals surface area contributed by atoms with Crippen molar-refractivity contribution in [2.45, 2.75) is 25.8 Å². The van der Waals surface area contributed by atoms with Crippen LogP contribution in [0, 0.1) is 0 Å². The Morgan fingerprint density at radius 2 is 1.95 bits per heavy atom. The second-order valence-corrected chi connectivity index (χ2v) is 6.53. The fourth-order valence-corrected chi connectivity index (χ4v) is 3.29. The van der Waals surface area contributed by atoms with Crippen LogP contribution in [0.25, 0.3) is 0 Å². The first-order chi connectivity index (χ1) is 10.6. The molecule has 1 amide bonds. The molecule has 1 atom stereocenters. The van der Waals surface area contributed by atoms with E-state index in [-0.39, 0.29) is 5.91 Å². The van der Waals surface area contributed by atoms with Crippen LogP contribution < -0.4 is 10.2 Å². The molecule has 2 aromatic rings. The highest BCUT2D eigenvalue weighted by molar-refractivity contribution is 9.10. The summed E-state index contributed by atoms with van der Waals surface area (Å²) in [5.41, 5.74) is 3.32. The Balaban J connectivity index is 1.75. The number of nitrogens with zero attached hydrogens (tertiary/aromatic N) is 1. The lowest BCUT2D eigenvalue weighted by molar-refractivity contribution is -0.115. The van der Waals surface area contributed by atoms with E-state index >= 15 is 0 Å². The smallest absolute Gasteiger partial charge is 0.243 e. The van der Waals surface area contributed by atoms with Crippen molar-refractivity contribution in [3.05, 3.63) is 58.6 Å². The molecule has 114 valence electrons. The van der Waals surface area contributed by atoms with Crippen molar-refractivity contribution in [3.8, 4) is 0 Å². The van der Waals surface area contributed by atoms with Gasteiger partial charge in [-0.05, 0) is 59.5 Å². The molecule has 3 nitrogen and oxygen atoms in total. The van der Waals surface area contributed by atoms with Crippen LogP contribution in [0.15, 0.2) is 53.0 Å². The van der Waals surface area contributed by atoms with E-state index in [4.69, 9.17) is 0 Å². The summed E-state index contributed by atoms with van der Waals surface area (Å²) in [4.78, 5) is 14.6. The summed E-state index contributed by atoms with van der Waals surface area (Å²) < 4.78 is 0.899. The first-order valence-corrected chi connectivity index (χ1v) is 8.33. The molecule has 4 heteroatoms. The SMILES string of the molecule is C[C@@H]1CCc2ccccc2N1CC(=O)Nc1ccccc1Br. The van der Waals surface area contributed by atoms with Gasteiger partial charge in [0.15, 0.2) is 0 Å². The van der Waals surface area contributed by atoms with Gasteiger partial charge in [-0.2, -0.15) is 0 Å². The Bertz CT molecular complexity index is 686. The maximum absolute atomic E-state index is 12.4. The molecule has 22 heavy (non-hydrogen) atoms. The highest BCUT2D eigenvalue weighted by atomic mass is 79.9. The number of hydrogen-bond donors (Lipinski definition) is 1. The van der Waals surface area contributed by atoms with Crippen molar-refractivity contribution in [1.29, 1.82) is 0 Å². The molecule has 0 spiro atoms. The van der Waals surface area contributed by atoms with E-state index in [1.807, 2.05) is 30.3 Å². The minimum absolute atomic E-state index is 0.00968. The molecule has 0 aromatic heterocycles. The summed E-state index contributed by atoms with van der Waals surface area (Å²) in [7, 11) is 0. The van der Waals surface area contributed by atoms with Crippen molar-refractivity contribution >= 4 is 33.2 Å². The van der Waals surface area contributed by atoms with Crippen molar-refractivity contribution in [2.75, 3.05) is 16.8 Å². The highest BCUT2D eigenvalue weighted by Gasteiger charge is 2.24. The van der Waals surface area contributed by atoms with Crippen molar-refractivity contribution in [3.63, 3.8) is 0 Å². The topological polar surface area (TPSA) is 32.3 Å². The molecular weight excluding hydrogens is 340 g/mol. The number of fused-ring (bicyclic) bond motifs is 1. The van der Waals surface area contributed by atoms with Crippen LogP contribution in [0.5, 0.6) is 0 Å². The van der Waals surface area contributed by atoms with E-state index in [2.05, 4.69) is 51.3 Å². The Morgan fingerprint density at radius 3 is 2.77 bits per heavy atom. The molecule has 0 radical (unpaired) electrons. The molecule has 0 saturated carbocycles. The zero-order valence-corrected chi connectivity index (χ0v) is 14.1. The minimum Gasteiger partial charge on any atom is -0.359 e. The van der Waals surface area contributed by atoms with Gasteiger partial charge in [-0.3, -0.25) is 4.79 Å². The number of rotatable bonds is 3. The number of para-hydroxylation sites is 2. The molecule has 1 heterocycles. The number of hydrogen-bond acceptors (Lipinski definition) is 2. The van der Waals surface area contributed by atoms with Gasteiger partial charge >= 0.3 is 0 Å². The molecule has 1 aliphatic rings. The minimum atomic E-state index is 0.00968. The first kappa shape index (κ1) is 15.1. The molecule has 2 aromatic carbocycles. The Hall–Kier alpha value is -1.81. The van der Waals surface area contributed by atoms with Gasteiger partial charge in [0.25, 0.3) is 0 Å². The van der Waals surface area contributed by atoms with Crippen LogP contribution in [-0.2, 0) is 11.2 Å². The van der Waals surface area contributed by atoms with Gasteiger partial charge in [-0.25, -0.2) is 0 Å². The second-order valence-electron chi connectivity index (χ2n) is 5.67. The van der Waals surface area contributed by atoms with E-state index in [0.29, 0.717) is 12.6 Å². The van der Waals surface area contributed by atoms with Crippen molar-refractivity contribution in [2.24, 2.45) is 0 Å². The summed E-state index contributed by atoms with van der Waals surface area (Å²) in [6.07, 6.45) is 2.17. The van der Waals surface area contributed by atoms with Gasteiger partial charge in [0.1, 0.15) is 0 Å². The normalized spacial score (nSPS) is 17.0. The zero-order chi connectivity index (χ0) is 15.5. The molecule has 0 bridgehead atoms.